The molecule has 2 nitrogen and oxygen atoms in total. The zero-order valence-electron chi connectivity index (χ0n) is 14.5. The Balaban J connectivity index is 3.37. The molecule has 0 saturated carbocycles. The van der Waals surface area contributed by atoms with E-state index in [2.05, 4.69) is 41.5 Å². The fourth-order valence-corrected chi connectivity index (χ4v) is 8.67. The highest BCUT2D eigenvalue weighted by atomic mass is 28.4. The fraction of sp³-hybridized carbons (Fsp3) is 0.588. The molecule has 0 aliphatic heterocycles. The lowest BCUT2D eigenvalue weighted by Crippen LogP contribution is -2.50. The molecule has 124 valence electrons. The van der Waals surface area contributed by atoms with E-state index in [1.165, 1.54) is 19.1 Å². The predicted molar refractivity (Wildman–Crippen MR) is 88.0 cm³/mol. The second-order valence-electron chi connectivity index (χ2n) is 6.72. The molecule has 0 spiro atoms. The van der Waals surface area contributed by atoms with E-state index in [0.717, 1.165) is 0 Å². The molecular formula is C17H26F2O2Si. The minimum Gasteiger partial charge on any atom is -0.541 e. The van der Waals surface area contributed by atoms with Crippen molar-refractivity contribution in [3.8, 4) is 5.75 Å². The van der Waals surface area contributed by atoms with Crippen molar-refractivity contribution in [3.05, 3.63) is 29.3 Å². The van der Waals surface area contributed by atoms with E-state index in [4.69, 9.17) is 4.43 Å². The van der Waals surface area contributed by atoms with Gasteiger partial charge in [0.05, 0.1) is 5.56 Å². The maximum absolute atomic E-state index is 14.3. The summed E-state index contributed by atoms with van der Waals surface area (Å²) in [6, 6.07) is 2.68. The molecule has 0 N–H and O–H groups in total. The van der Waals surface area contributed by atoms with Gasteiger partial charge < -0.3 is 4.43 Å². The van der Waals surface area contributed by atoms with Gasteiger partial charge in [-0.05, 0) is 35.7 Å². The maximum Gasteiger partial charge on any atom is 0.258 e. The summed E-state index contributed by atoms with van der Waals surface area (Å²) in [6.07, 6.45) is 0. The van der Waals surface area contributed by atoms with Gasteiger partial charge in [0.2, 0.25) is 0 Å². The van der Waals surface area contributed by atoms with Gasteiger partial charge in [-0.1, -0.05) is 41.5 Å². The zero-order chi connectivity index (χ0) is 17.2. The number of benzene rings is 1. The van der Waals surface area contributed by atoms with Crippen molar-refractivity contribution in [1.29, 1.82) is 0 Å². The van der Waals surface area contributed by atoms with Crippen molar-refractivity contribution in [2.45, 2.75) is 65.1 Å². The Labute approximate surface area is 133 Å². The lowest BCUT2D eigenvalue weighted by Gasteiger charge is -2.42. The number of hydrogen-bond donors (Lipinski definition) is 0. The summed E-state index contributed by atoms with van der Waals surface area (Å²) in [5.41, 5.74) is 0.517. The van der Waals surface area contributed by atoms with Gasteiger partial charge in [0.15, 0.2) is 17.4 Å². The molecule has 0 saturated heterocycles. The largest absolute Gasteiger partial charge is 0.541 e. The Bertz CT molecular complexity index is 532. The third kappa shape index (κ3) is 3.24. The molecule has 0 unspecified atom stereocenters. The molecular weight excluding hydrogens is 302 g/mol. The monoisotopic (exact) mass is 328 g/mol. The van der Waals surface area contributed by atoms with Gasteiger partial charge in [0.25, 0.3) is 8.32 Å². The van der Waals surface area contributed by atoms with Crippen LogP contribution in [0.15, 0.2) is 12.1 Å². The van der Waals surface area contributed by atoms with E-state index < -0.39 is 25.7 Å². The van der Waals surface area contributed by atoms with Gasteiger partial charge in [-0.15, -0.1) is 0 Å². The number of ketones is 1. The molecule has 1 rings (SSSR count). The fourth-order valence-electron chi connectivity index (χ4n) is 3.43. The molecule has 0 atom stereocenters. The average molecular weight is 328 g/mol. The molecule has 1 aromatic carbocycles. The van der Waals surface area contributed by atoms with E-state index in [9.17, 15) is 13.6 Å². The smallest absolute Gasteiger partial charge is 0.258 e. The molecule has 0 fully saturated rings. The summed E-state index contributed by atoms with van der Waals surface area (Å²) in [5.74, 6) is -2.76. The van der Waals surface area contributed by atoms with Crippen LogP contribution in [-0.2, 0) is 0 Å². The van der Waals surface area contributed by atoms with Crippen molar-refractivity contribution in [2.75, 3.05) is 0 Å². The van der Waals surface area contributed by atoms with Crippen LogP contribution >= 0.6 is 0 Å². The van der Waals surface area contributed by atoms with Crippen LogP contribution in [0.3, 0.4) is 0 Å². The van der Waals surface area contributed by atoms with Gasteiger partial charge in [0, 0.05) is 0 Å². The highest BCUT2D eigenvalue weighted by molar-refractivity contribution is 6.78. The summed E-state index contributed by atoms with van der Waals surface area (Å²) in [5, 5.41) is 0. The van der Waals surface area contributed by atoms with E-state index in [0.29, 0.717) is 0 Å². The Morgan fingerprint density at radius 2 is 1.41 bits per heavy atom. The Hall–Kier alpha value is -1.23. The van der Waals surface area contributed by atoms with Crippen LogP contribution < -0.4 is 4.43 Å². The lowest BCUT2D eigenvalue weighted by atomic mass is 10.1. The highest BCUT2D eigenvalue weighted by Gasteiger charge is 2.47. The number of carbonyl (C=O) groups excluding carboxylic acids is 1. The Kier molecular flexibility index (Phi) is 5.90. The Morgan fingerprint density at radius 3 is 1.77 bits per heavy atom. The summed E-state index contributed by atoms with van der Waals surface area (Å²) in [4.78, 5) is 11.3. The molecule has 0 amide bonds. The topological polar surface area (TPSA) is 26.3 Å². The van der Waals surface area contributed by atoms with E-state index in [1.807, 2.05) is 0 Å². The number of halogens is 2. The van der Waals surface area contributed by atoms with Crippen molar-refractivity contribution in [3.63, 3.8) is 0 Å². The quantitative estimate of drug-likeness (QED) is 0.493. The van der Waals surface area contributed by atoms with Crippen LogP contribution in [-0.4, -0.2) is 14.1 Å². The molecule has 22 heavy (non-hydrogen) atoms. The van der Waals surface area contributed by atoms with Crippen molar-refractivity contribution in [1.82, 2.24) is 0 Å². The van der Waals surface area contributed by atoms with Crippen molar-refractivity contribution in [2.24, 2.45) is 0 Å². The maximum atomic E-state index is 14.3. The third-order valence-corrected chi connectivity index (χ3v) is 10.4. The van der Waals surface area contributed by atoms with Gasteiger partial charge >= 0.3 is 0 Å². The standard InChI is InChI=1S/C17H26F2O2Si/c1-10(2)22(11(3)4,12(5)6)21-15-9-8-14(13(7)20)16(18)17(15)19/h8-12H,1-7H3. The summed E-state index contributed by atoms with van der Waals surface area (Å²) in [7, 11) is -2.36. The SMILES string of the molecule is CC(=O)c1ccc(O[Si](C(C)C)(C(C)C)C(C)C)c(F)c1F. The molecule has 1 aromatic rings. The van der Waals surface area contributed by atoms with Crippen LogP contribution in [0.4, 0.5) is 8.78 Å². The van der Waals surface area contributed by atoms with Gasteiger partial charge in [0.1, 0.15) is 5.75 Å². The van der Waals surface area contributed by atoms with Gasteiger partial charge in [-0.3, -0.25) is 4.79 Å². The lowest BCUT2D eigenvalue weighted by molar-refractivity contribution is 0.101. The van der Waals surface area contributed by atoms with Crippen LogP contribution in [0.25, 0.3) is 0 Å². The molecule has 0 heterocycles. The number of hydrogen-bond acceptors (Lipinski definition) is 2. The Morgan fingerprint density at radius 1 is 0.955 bits per heavy atom. The minimum absolute atomic E-state index is 0.0785. The number of carbonyl (C=O) groups is 1. The normalized spacial score (nSPS) is 12.4. The number of Topliss-reactive ketones (excluding diaryl/α,β-unsaturated/α-hetero) is 1. The second kappa shape index (κ2) is 6.90. The number of rotatable bonds is 6. The molecule has 0 aliphatic carbocycles. The minimum atomic E-state index is -2.36. The van der Waals surface area contributed by atoms with Crippen LogP contribution in [0, 0.1) is 11.6 Å². The molecule has 0 aliphatic rings. The first-order chi connectivity index (χ1) is 10.1. The van der Waals surface area contributed by atoms with Crippen LogP contribution in [0.1, 0.15) is 58.8 Å². The van der Waals surface area contributed by atoms with Crippen LogP contribution in [0.2, 0.25) is 16.6 Å². The first-order valence-corrected chi connectivity index (χ1v) is 9.87. The predicted octanol–water partition coefficient (Wildman–Crippen LogP) is 5.72. The van der Waals surface area contributed by atoms with Gasteiger partial charge in [-0.2, -0.15) is 4.39 Å². The van der Waals surface area contributed by atoms with Crippen molar-refractivity contribution >= 4 is 14.1 Å². The molecule has 0 bridgehead atoms. The summed E-state index contributed by atoms with van der Waals surface area (Å²) in [6.45, 7) is 13.7. The van der Waals surface area contributed by atoms with Crippen molar-refractivity contribution < 1.29 is 18.0 Å². The van der Waals surface area contributed by atoms with Crippen LogP contribution in [0.5, 0.6) is 5.75 Å². The van der Waals surface area contributed by atoms with E-state index in [-0.39, 0.29) is 27.9 Å². The zero-order valence-corrected chi connectivity index (χ0v) is 15.5. The van der Waals surface area contributed by atoms with E-state index in [1.54, 1.807) is 0 Å². The molecule has 0 radical (unpaired) electrons. The average Bonchev–Trinajstić information content (AvgIpc) is 2.38. The third-order valence-electron chi connectivity index (χ3n) is 4.42. The van der Waals surface area contributed by atoms with Gasteiger partial charge in [-0.25, -0.2) is 4.39 Å². The molecule has 5 heteroatoms. The first-order valence-electron chi connectivity index (χ1n) is 7.73. The molecule has 0 aromatic heterocycles. The first kappa shape index (κ1) is 18.8. The van der Waals surface area contributed by atoms with E-state index >= 15 is 0 Å². The summed E-state index contributed by atoms with van der Waals surface area (Å²) >= 11 is 0. The second-order valence-corrected chi connectivity index (χ2v) is 12.1. The summed E-state index contributed by atoms with van der Waals surface area (Å²) < 4.78 is 34.5. The highest BCUT2D eigenvalue weighted by Crippen LogP contribution is 2.43.